The second-order valence-electron chi connectivity index (χ2n) is 6.40. The Kier molecular flexibility index (Phi) is 4.82. The van der Waals surface area contributed by atoms with Crippen LogP contribution in [-0.4, -0.2) is 34.1 Å². The van der Waals surface area contributed by atoms with Crippen LogP contribution >= 0.6 is 0 Å². The number of aromatic nitrogens is 1. The minimum Gasteiger partial charge on any atom is -0.308 e. The molecular formula is C17H29N3. The van der Waals surface area contributed by atoms with Crippen molar-refractivity contribution in [2.75, 3.05) is 13.1 Å². The van der Waals surface area contributed by atoms with Gasteiger partial charge in [0.1, 0.15) is 0 Å². The van der Waals surface area contributed by atoms with Gasteiger partial charge in [0.05, 0.1) is 0 Å². The number of pyridine rings is 1. The molecule has 0 spiro atoms. The van der Waals surface area contributed by atoms with Gasteiger partial charge in [0.2, 0.25) is 0 Å². The molecule has 0 bridgehead atoms. The summed E-state index contributed by atoms with van der Waals surface area (Å²) in [7, 11) is 0. The molecule has 1 atom stereocenters. The monoisotopic (exact) mass is 275 g/mol. The Morgan fingerprint density at radius 2 is 1.80 bits per heavy atom. The largest absolute Gasteiger partial charge is 0.308 e. The van der Waals surface area contributed by atoms with Crippen LogP contribution in [0.3, 0.4) is 0 Å². The number of hydrogen-bond donors (Lipinski definition) is 1. The first-order valence-electron chi connectivity index (χ1n) is 7.96. The maximum absolute atomic E-state index is 4.13. The molecule has 1 aliphatic rings. The van der Waals surface area contributed by atoms with E-state index in [-0.39, 0.29) is 11.1 Å². The van der Waals surface area contributed by atoms with E-state index in [1.807, 2.05) is 12.4 Å². The fourth-order valence-electron chi connectivity index (χ4n) is 3.13. The van der Waals surface area contributed by atoms with Crippen molar-refractivity contribution >= 4 is 0 Å². The molecule has 3 nitrogen and oxygen atoms in total. The highest BCUT2D eigenvalue weighted by molar-refractivity contribution is 5.12. The van der Waals surface area contributed by atoms with E-state index in [0.717, 1.165) is 19.6 Å². The zero-order valence-corrected chi connectivity index (χ0v) is 13.4. The lowest BCUT2D eigenvalue weighted by molar-refractivity contribution is 0.00275. The maximum Gasteiger partial charge on any atom is 0.0307 e. The van der Waals surface area contributed by atoms with Crippen molar-refractivity contribution < 1.29 is 0 Å². The summed E-state index contributed by atoms with van der Waals surface area (Å²) in [4.78, 5) is 6.80. The number of hydrogen-bond acceptors (Lipinski definition) is 3. The Labute approximate surface area is 123 Å². The van der Waals surface area contributed by atoms with Crippen LogP contribution in [0.25, 0.3) is 0 Å². The van der Waals surface area contributed by atoms with E-state index < -0.39 is 0 Å². The predicted octanol–water partition coefficient (Wildman–Crippen LogP) is 3.21. The third kappa shape index (κ3) is 3.04. The predicted molar refractivity (Wildman–Crippen MR) is 84.7 cm³/mol. The molecule has 0 radical (unpaired) electrons. The van der Waals surface area contributed by atoms with E-state index in [9.17, 15) is 0 Å². The standard InChI is InChI=1S/C17H29N3/c1-5-16(4)13-19-17(6-2,7-3)14-20(16)12-15-8-10-18-11-9-15/h8-11,19H,5-7,12-14H2,1-4H3. The van der Waals surface area contributed by atoms with Crippen molar-refractivity contribution in [3.8, 4) is 0 Å². The highest BCUT2D eigenvalue weighted by atomic mass is 15.3. The summed E-state index contributed by atoms with van der Waals surface area (Å²) in [5.74, 6) is 0. The third-order valence-electron chi connectivity index (χ3n) is 5.34. The molecule has 1 N–H and O–H groups in total. The number of piperazine rings is 1. The molecule has 1 fully saturated rings. The topological polar surface area (TPSA) is 28.2 Å². The molecule has 1 unspecified atom stereocenters. The average Bonchev–Trinajstić information content (AvgIpc) is 2.51. The van der Waals surface area contributed by atoms with Gasteiger partial charge in [-0.1, -0.05) is 20.8 Å². The third-order valence-corrected chi connectivity index (χ3v) is 5.34. The molecule has 2 heterocycles. The Balaban J connectivity index is 2.19. The lowest BCUT2D eigenvalue weighted by Crippen LogP contribution is -2.68. The van der Waals surface area contributed by atoms with Gasteiger partial charge in [-0.25, -0.2) is 0 Å². The van der Waals surface area contributed by atoms with Crippen LogP contribution in [0.15, 0.2) is 24.5 Å². The van der Waals surface area contributed by atoms with Crippen LogP contribution in [0.4, 0.5) is 0 Å². The normalized spacial score (nSPS) is 26.6. The van der Waals surface area contributed by atoms with Gasteiger partial charge in [0.25, 0.3) is 0 Å². The van der Waals surface area contributed by atoms with Crippen molar-refractivity contribution in [1.82, 2.24) is 15.2 Å². The number of rotatable bonds is 5. The van der Waals surface area contributed by atoms with Crippen molar-refractivity contribution in [3.63, 3.8) is 0 Å². The summed E-state index contributed by atoms with van der Waals surface area (Å²) < 4.78 is 0. The molecule has 1 saturated heterocycles. The summed E-state index contributed by atoms with van der Waals surface area (Å²) >= 11 is 0. The molecule has 1 aliphatic heterocycles. The average molecular weight is 275 g/mol. The van der Waals surface area contributed by atoms with E-state index in [2.05, 4.69) is 55.0 Å². The quantitative estimate of drug-likeness (QED) is 0.894. The van der Waals surface area contributed by atoms with Crippen LogP contribution in [0.2, 0.25) is 0 Å². The minimum atomic E-state index is 0.247. The van der Waals surface area contributed by atoms with Crippen LogP contribution in [-0.2, 0) is 6.54 Å². The van der Waals surface area contributed by atoms with E-state index in [1.165, 1.54) is 24.8 Å². The van der Waals surface area contributed by atoms with Gasteiger partial charge in [0, 0.05) is 43.1 Å². The molecule has 1 aromatic rings. The lowest BCUT2D eigenvalue weighted by Gasteiger charge is -2.53. The smallest absolute Gasteiger partial charge is 0.0307 e. The minimum absolute atomic E-state index is 0.247. The second kappa shape index (κ2) is 6.23. The van der Waals surface area contributed by atoms with Crippen molar-refractivity contribution in [3.05, 3.63) is 30.1 Å². The molecule has 0 saturated carbocycles. The van der Waals surface area contributed by atoms with Crippen LogP contribution in [0, 0.1) is 0 Å². The van der Waals surface area contributed by atoms with Crippen LogP contribution < -0.4 is 5.32 Å². The Morgan fingerprint density at radius 1 is 1.15 bits per heavy atom. The molecule has 0 aromatic carbocycles. The van der Waals surface area contributed by atoms with Gasteiger partial charge in [-0.05, 0) is 43.9 Å². The summed E-state index contributed by atoms with van der Waals surface area (Å²) in [6.07, 6.45) is 7.35. The molecule has 1 aromatic heterocycles. The zero-order valence-electron chi connectivity index (χ0n) is 13.4. The first kappa shape index (κ1) is 15.5. The first-order chi connectivity index (χ1) is 9.57. The van der Waals surface area contributed by atoms with Gasteiger partial charge >= 0.3 is 0 Å². The molecule has 2 rings (SSSR count). The van der Waals surface area contributed by atoms with Crippen molar-refractivity contribution in [1.29, 1.82) is 0 Å². The molecule has 20 heavy (non-hydrogen) atoms. The lowest BCUT2D eigenvalue weighted by atomic mass is 9.83. The Hall–Kier alpha value is -0.930. The van der Waals surface area contributed by atoms with Gasteiger partial charge in [-0.15, -0.1) is 0 Å². The molecular weight excluding hydrogens is 246 g/mol. The molecule has 0 aliphatic carbocycles. The summed E-state index contributed by atoms with van der Waals surface area (Å²) in [5.41, 5.74) is 1.89. The summed E-state index contributed by atoms with van der Waals surface area (Å²) in [6, 6.07) is 4.27. The molecule has 0 amide bonds. The highest BCUT2D eigenvalue weighted by Crippen LogP contribution is 2.31. The fraction of sp³-hybridized carbons (Fsp3) is 0.706. The molecule has 3 heteroatoms. The maximum atomic E-state index is 4.13. The van der Waals surface area contributed by atoms with E-state index in [0.29, 0.717) is 0 Å². The Bertz CT molecular complexity index is 414. The van der Waals surface area contributed by atoms with Gasteiger partial charge in [-0.3, -0.25) is 9.88 Å². The van der Waals surface area contributed by atoms with Crippen LogP contribution in [0.1, 0.15) is 52.5 Å². The van der Waals surface area contributed by atoms with Crippen LogP contribution in [0.5, 0.6) is 0 Å². The number of nitrogens with one attached hydrogen (secondary N) is 1. The second-order valence-corrected chi connectivity index (χ2v) is 6.40. The van der Waals surface area contributed by atoms with Gasteiger partial charge in [0.15, 0.2) is 0 Å². The van der Waals surface area contributed by atoms with Gasteiger partial charge < -0.3 is 5.32 Å². The summed E-state index contributed by atoms with van der Waals surface area (Å²) in [5, 5.41) is 3.84. The Morgan fingerprint density at radius 3 is 2.35 bits per heavy atom. The molecule has 112 valence electrons. The van der Waals surface area contributed by atoms with E-state index in [4.69, 9.17) is 0 Å². The van der Waals surface area contributed by atoms with Crippen molar-refractivity contribution in [2.24, 2.45) is 0 Å². The number of nitrogens with zero attached hydrogens (tertiary/aromatic N) is 2. The first-order valence-corrected chi connectivity index (χ1v) is 7.96. The SMILES string of the molecule is CCC1(CC)CN(Cc2ccncc2)C(C)(CC)CN1. The highest BCUT2D eigenvalue weighted by Gasteiger charge is 2.42. The van der Waals surface area contributed by atoms with Crippen molar-refractivity contribution in [2.45, 2.75) is 64.6 Å². The van der Waals surface area contributed by atoms with Gasteiger partial charge in [-0.2, -0.15) is 0 Å². The fourth-order valence-corrected chi connectivity index (χ4v) is 3.13. The summed E-state index contributed by atoms with van der Waals surface area (Å²) in [6.45, 7) is 12.5. The van der Waals surface area contributed by atoms with E-state index in [1.54, 1.807) is 0 Å². The zero-order chi connectivity index (χ0) is 14.6. The van der Waals surface area contributed by atoms with E-state index >= 15 is 0 Å².